The van der Waals surface area contributed by atoms with Gasteiger partial charge in [0.2, 0.25) is 0 Å². The van der Waals surface area contributed by atoms with E-state index in [0.717, 1.165) is 44.6 Å². The van der Waals surface area contributed by atoms with Gasteiger partial charge in [-0.1, -0.05) is 0 Å². The molecule has 1 aromatic heterocycles. The Morgan fingerprint density at radius 2 is 2.29 bits per heavy atom. The number of carbonyl (C=O) groups is 1. The van der Waals surface area contributed by atoms with Crippen LogP contribution < -0.4 is 0 Å². The summed E-state index contributed by atoms with van der Waals surface area (Å²) >= 11 is 1.64. The standard InChI is InChI=1S/C12H18N2O2S/c15-12(16)2-1-10-3-5-14(6-4-10)7-11-8-17-9-13-11/h8-10H,1-7H2,(H,15,16). The third-order valence-electron chi connectivity index (χ3n) is 3.34. The molecule has 0 aromatic carbocycles. The molecule has 0 unspecified atom stereocenters. The molecule has 0 atom stereocenters. The van der Waals surface area contributed by atoms with Gasteiger partial charge in [0.15, 0.2) is 0 Å². The molecule has 0 bridgehead atoms. The van der Waals surface area contributed by atoms with Gasteiger partial charge in [-0.05, 0) is 38.3 Å². The highest BCUT2D eigenvalue weighted by molar-refractivity contribution is 7.07. The molecule has 4 nitrogen and oxygen atoms in total. The summed E-state index contributed by atoms with van der Waals surface area (Å²) in [6.45, 7) is 3.08. The fourth-order valence-electron chi connectivity index (χ4n) is 2.31. The molecule has 0 amide bonds. The number of thiazole rings is 1. The highest BCUT2D eigenvalue weighted by Gasteiger charge is 2.20. The highest BCUT2D eigenvalue weighted by Crippen LogP contribution is 2.22. The Kier molecular flexibility index (Phi) is 4.50. The average molecular weight is 254 g/mol. The van der Waals surface area contributed by atoms with Crippen molar-refractivity contribution >= 4 is 17.3 Å². The van der Waals surface area contributed by atoms with Gasteiger partial charge < -0.3 is 5.11 Å². The molecule has 0 aliphatic carbocycles. The first kappa shape index (κ1) is 12.5. The van der Waals surface area contributed by atoms with Crippen molar-refractivity contribution in [1.29, 1.82) is 0 Å². The van der Waals surface area contributed by atoms with E-state index < -0.39 is 5.97 Å². The van der Waals surface area contributed by atoms with Gasteiger partial charge in [-0.25, -0.2) is 4.98 Å². The number of nitrogens with zero attached hydrogens (tertiary/aromatic N) is 2. The smallest absolute Gasteiger partial charge is 0.303 e. The molecule has 1 aromatic rings. The Morgan fingerprint density at radius 3 is 2.88 bits per heavy atom. The summed E-state index contributed by atoms with van der Waals surface area (Å²) in [5.41, 5.74) is 3.02. The van der Waals surface area contributed by atoms with Crippen LogP contribution in [0.4, 0.5) is 0 Å². The van der Waals surface area contributed by atoms with Crippen molar-refractivity contribution in [3.8, 4) is 0 Å². The number of piperidine rings is 1. The summed E-state index contributed by atoms with van der Waals surface area (Å²) in [4.78, 5) is 17.2. The first-order valence-electron chi connectivity index (χ1n) is 6.05. The number of aromatic nitrogens is 1. The number of hydrogen-bond acceptors (Lipinski definition) is 4. The lowest BCUT2D eigenvalue weighted by Crippen LogP contribution is -2.33. The Morgan fingerprint density at radius 1 is 1.53 bits per heavy atom. The summed E-state index contributed by atoms with van der Waals surface area (Å²) < 4.78 is 0. The molecule has 1 aliphatic heterocycles. The monoisotopic (exact) mass is 254 g/mol. The predicted octanol–water partition coefficient (Wildman–Crippen LogP) is 2.22. The van der Waals surface area contributed by atoms with Crippen LogP contribution in [-0.4, -0.2) is 34.0 Å². The van der Waals surface area contributed by atoms with Crippen molar-refractivity contribution in [2.75, 3.05) is 13.1 Å². The number of carboxylic acid groups (broad SMARTS) is 1. The van der Waals surface area contributed by atoms with Crippen LogP contribution in [0.3, 0.4) is 0 Å². The fourth-order valence-corrected chi connectivity index (χ4v) is 2.86. The number of likely N-dealkylation sites (tertiary alicyclic amines) is 1. The highest BCUT2D eigenvalue weighted by atomic mass is 32.1. The summed E-state index contributed by atoms with van der Waals surface area (Å²) in [6.07, 6.45) is 3.39. The van der Waals surface area contributed by atoms with E-state index in [9.17, 15) is 4.79 Å². The van der Waals surface area contributed by atoms with E-state index in [0.29, 0.717) is 12.3 Å². The predicted molar refractivity (Wildman–Crippen MR) is 67.0 cm³/mol. The third-order valence-corrected chi connectivity index (χ3v) is 3.98. The van der Waals surface area contributed by atoms with E-state index in [-0.39, 0.29) is 0 Å². The first-order chi connectivity index (χ1) is 8.24. The zero-order valence-corrected chi connectivity index (χ0v) is 10.7. The molecule has 1 fully saturated rings. The van der Waals surface area contributed by atoms with E-state index in [2.05, 4.69) is 15.3 Å². The molecular formula is C12H18N2O2S. The van der Waals surface area contributed by atoms with Crippen LogP contribution in [0.1, 0.15) is 31.4 Å². The molecule has 1 N–H and O–H groups in total. The Bertz CT molecular complexity index is 345. The van der Waals surface area contributed by atoms with Crippen LogP contribution in [-0.2, 0) is 11.3 Å². The second kappa shape index (κ2) is 6.12. The molecule has 2 heterocycles. The van der Waals surface area contributed by atoms with Crippen LogP contribution >= 0.6 is 11.3 Å². The summed E-state index contributed by atoms with van der Waals surface area (Å²) in [7, 11) is 0. The zero-order chi connectivity index (χ0) is 12.1. The topological polar surface area (TPSA) is 53.4 Å². The van der Waals surface area contributed by atoms with Crippen LogP contribution in [0.15, 0.2) is 10.9 Å². The van der Waals surface area contributed by atoms with Crippen molar-refractivity contribution in [2.45, 2.75) is 32.2 Å². The van der Waals surface area contributed by atoms with Gasteiger partial charge in [0.05, 0.1) is 11.2 Å². The summed E-state index contributed by atoms with van der Waals surface area (Å²) in [5, 5.41) is 10.7. The van der Waals surface area contributed by atoms with E-state index in [1.165, 1.54) is 0 Å². The van der Waals surface area contributed by atoms with Crippen LogP contribution in [0.25, 0.3) is 0 Å². The Balaban J connectivity index is 1.69. The van der Waals surface area contributed by atoms with Gasteiger partial charge >= 0.3 is 5.97 Å². The lowest BCUT2D eigenvalue weighted by Gasteiger charge is -2.31. The first-order valence-corrected chi connectivity index (χ1v) is 6.99. The largest absolute Gasteiger partial charge is 0.481 e. The maximum absolute atomic E-state index is 10.5. The Hall–Kier alpha value is -0.940. The molecule has 2 rings (SSSR count). The summed E-state index contributed by atoms with van der Waals surface area (Å²) in [6, 6.07) is 0. The molecule has 94 valence electrons. The van der Waals surface area contributed by atoms with Gasteiger partial charge in [0.1, 0.15) is 0 Å². The van der Waals surface area contributed by atoms with Crippen molar-refractivity contribution in [3.05, 3.63) is 16.6 Å². The fraction of sp³-hybridized carbons (Fsp3) is 0.667. The molecule has 5 heteroatoms. The van der Waals surface area contributed by atoms with E-state index in [1.54, 1.807) is 11.3 Å². The quantitative estimate of drug-likeness (QED) is 0.875. The van der Waals surface area contributed by atoms with Gasteiger partial charge in [-0.15, -0.1) is 11.3 Å². The molecule has 0 radical (unpaired) electrons. The molecule has 0 spiro atoms. The minimum Gasteiger partial charge on any atom is -0.481 e. The van der Waals surface area contributed by atoms with Crippen molar-refractivity contribution in [2.24, 2.45) is 5.92 Å². The van der Waals surface area contributed by atoms with Crippen molar-refractivity contribution in [1.82, 2.24) is 9.88 Å². The van der Waals surface area contributed by atoms with Gasteiger partial charge in [0, 0.05) is 18.3 Å². The maximum Gasteiger partial charge on any atom is 0.303 e. The van der Waals surface area contributed by atoms with Gasteiger partial charge in [-0.3, -0.25) is 9.69 Å². The molecule has 1 aliphatic rings. The van der Waals surface area contributed by atoms with Crippen LogP contribution in [0, 0.1) is 5.92 Å². The zero-order valence-electron chi connectivity index (χ0n) is 9.84. The SMILES string of the molecule is O=C(O)CCC1CCN(Cc2cscn2)CC1. The van der Waals surface area contributed by atoms with Crippen LogP contribution in [0.2, 0.25) is 0 Å². The van der Waals surface area contributed by atoms with E-state index in [4.69, 9.17) is 5.11 Å². The van der Waals surface area contributed by atoms with E-state index in [1.807, 2.05) is 5.51 Å². The molecule has 0 saturated carbocycles. The molecule has 1 saturated heterocycles. The molecular weight excluding hydrogens is 236 g/mol. The second-order valence-electron chi connectivity index (χ2n) is 4.63. The minimum atomic E-state index is -0.671. The number of hydrogen-bond donors (Lipinski definition) is 1. The Labute approximate surface area is 105 Å². The third kappa shape index (κ3) is 4.09. The lowest BCUT2D eigenvalue weighted by atomic mass is 9.92. The minimum absolute atomic E-state index is 0.316. The second-order valence-corrected chi connectivity index (χ2v) is 5.35. The van der Waals surface area contributed by atoms with E-state index >= 15 is 0 Å². The van der Waals surface area contributed by atoms with Crippen LogP contribution in [0.5, 0.6) is 0 Å². The maximum atomic E-state index is 10.5. The number of carboxylic acids is 1. The summed E-state index contributed by atoms with van der Waals surface area (Å²) in [5.74, 6) is -0.0762. The number of aliphatic carboxylic acids is 1. The number of rotatable bonds is 5. The lowest BCUT2D eigenvalue weighted by molar-refractivity contribution is -0.137. The van der Waals surface area contributed by atoms with Crippen molar-refractivity contribution < 1.29 is 9.90 Å². The average Bonchev–Trinajstić information content (AvgIpc) is 2.81. The van der Waals surface area contributed by atoms with Crippen molar-refractivity contribution in [3.63, 3.8) is 0 Å². The molecule has 17 heavy (non-hydrogen) atoms. The van der Waals surface area contributed by atoms with Gasteiger partial charge in [0.25, 0.3) is 0 Å². The van der Waals surface area contributed by atoms with Gasteiger partial charge in [-0.2, -0.15) is 0 Å². The normalized spacial score (nSPS) is 18.4.